The Morgan fingerprint density at radius 2 is 2.11 bits per heavy atom. The molecular formula is C13H11NO3S. The minimum atomic E-state index is -1.01. The van der Waals surface area contributed by atoms with E-state index in [1.54, 1.807) is 0 Å². The molecule has 0 bridgehead atoms. The maximum atomic E-state index is 11.4. The third-order valence-electron chi connectivity index (χ3n) is 3.10. The van der Waals surface area contributed by atoms with Crippen LogP contribution < -0.4 is 0 Å². The van der Waals surface area contributed by atoms with Crippen LogP contribution in [0.2, 0.25) is 0 Å². The van der Waals surface area contributed by atoms with E-state index in [9.17, 15) is 14.7 Å². The molecule has 92 valence electrons. The molecule has 3 rings (SSSR count). The molecule has 0 aromatic heterocycles. The maximum Gasteiger partial charge on any atom is 0.353 e. The highest BCUT2D eigenvalue weighted by molar-refractivity contribution is 8.04. The molecule has 2 aliphatic heterocycles. The standard InChI is InChI=1S/C13H11NO3S/c15-10-7-11-14(10)12(13(16)17)9(18-11)6-8-4-2-1-3-5-8/h1-5,11H,6-7H2,(H,16,17)/t11-/m1/s1. The van der Waals surface area contributed by atoms with Crippen molar-refractivity contribution < 1.29 is 14.7 Å². The number of nitrogens with zero attached hydrogens (tertiary/aromatic N) is 1. The Morgan fingerprint density at radius 3 is 2.72 bits per heavy atom. The third-order valence-corrected chi connectivity index (χ3v) is 4.37. The molecule has 2 aliphatic rings. The van der Waals surface area contributed by atoms with Crippen molar-refractivity contribution in [3.05, 3.63) is 46.5 Å². The normalized spacial score (nSPS) is 21.9. The first-order valence-electron chi connectivity index (χ1n) is 5.66. The van der Waals surface area contributed by atoms with Crippen molar-refractivity contribution in [1.82, 2.24) is 4.90 Å². The topological polar surface area (TPSA) is 57.6 Å². The molecule has 1 N–H and O–H groups in total. The fourth-order valence-electron chi connectivity index (χ4n) is 2.23. The lowest BCUT2D eigenvalue weighted by molar-refractivity contribution is -0.145. The third kappa shape index (κ3) is 1.71. The summed E-state index contributed by atoms with van der Waals surface area (Å²) in [5.41, 5.74) is 1.24. The van der Waals surface area contributed by atoms with Gasteiger partial charge in [-0.05, 0) is 5.56 Å². The van der Waals surface area contributed by atoms with Gasteiger partial charge in [0.05, 0.1) is 11.8 Å². The lowest BCUT2D eigenvalue weighted by atomic mass is 10.1. The van der Waals surface area contributed by atoms with Gasteiger partial charge in [0.1, 0.15) is 5.70 Å². The van der Waals surface area contributed by atoms with Crippen molar-refractivity contribution in [3.63, 3.8) is 0 Å². The van der Waals surface area contributed by atoms with Crippen molar-refractivity contribution in [2.75, 3.05) is 0 Å². The maximum absolute atomic E-state index is 11.4. The van der Waals surface area contributed by atoms with E-state index in [2.05, 4.69) is 0 Å². The van der Waals surface area contributed by atoms with Crippen molar-refractivity contribution in [1.29, 1.82) is 0 Å². The van der Waals surface area contributed by atoms with Gasteiger partial charge in [-0.2, -0.15) is 0 Å². The number of carboxylic acid groups (broad SMARTS) is 1. The summed E-state index contributed by atoms with van der Waals surface area (Å²) in [5, 5.41) is 9.24. The highest BCUT2D eigenvalue weighted by Gasteiger charge is 2.48. The minimum Gasteiger partial charge on any atom is -0.477 e. The van der Waals surface area contributed by atoms with Crippen molar-refractivity contribution >= 4 is 23.6 Å². The Labute approximate surface area is 108 Å². The van der Waals surface area contributed by atoms with Crippen LogP contribution in [0.1, 0.15) is 12.0 Å². The number of allylic oxidation sites excluding steroid dienone is 1. The van der Waals surface area contributed by atoms with E-state index in [0.29, 0.717) is 12.8 Å². The number of carboxylic acids is 1. The van der Waals surface area contributed by atoms with E-state index in [-0.39, 0.29) is 17.0 Å². The van der Waals surface area contributed by atoms with E-state index < -0.39 is 5.97 Å². The van der Waals surface area contributed by atoms with Gasteiger partial charge in [-0.15, -0.1) is 11.8 Å². The lowest BCUT2D eigenvalue weighted by Crippen LogP contribution is -2.48. The van der Waals surface area contributed by atoms with Gasteiger partial charge in [0.25, 0.3) is 0 Å². The minimum absolute atomic E-state index is 0.00214. The second-order valence-corrected chi connectivity index (χ2v) is 5.55. The molecular weight excluding hydrogens is 250 g/mol. The summed E-state index contributed by atoms with van der Waals surface area (Å²) < 4.78 is 0. The van der Waals surface area contributed by atoms with Gasteiger partial charge in [-0.25, -0.2) is 4.79 Å². The molecule has 1 aromatic rings. The van der Waals surface area contributed by atoms with Gasteiger partial charge >= 0.3 is 5.97 Å². The Balaban J connectivity index is 1.91. The van der Waals surface area contributed by atoms with Crippen molar-refractivity contribution in [3.8, 4) is 0 Å². The Hall–Kier alpha value is -1.75. The van der Waals surface area contributed by atoms with Crippen LogP contribution in [0.15, 0.2) is 40.9 Å². The van der Waals surface area contributed by atoms with E-state index >= 15 is 0 Å². The number of carbonyl (C=O) groups excluding carboxylic acids is 1. The van der Waals surface area contributed by atoms with Crippen LogP contribution in [0.5, 0.6) is 0 Å². The Morgan fingerprint density at radius 1 is 1.39 bits per heavy atom. The summed E-state index contributed by atoms with van der Waals surface area (Å²) in [7, 11) is 0. The number of fused-ring (bicyclic) bond motifs is 1. The fourth-order valence-corrected chi connectivity index (χ4v) is 3.66. The molecule has 0 unspecified atom stereocenters. The van der Waals surface area contributed by atoms with Gasteiger partial charge in [0.15, 0.2) is 0 Å². The highest BCUT2D eigenvalue weighted by Crippen LogP contribution is 2.47. The molecule has 4 nitrogen and oxygen atoms in total. The summed E-state index contributed by atoms with van der Waals surface area (Å²) in [5.74, 6) is -1.10. The number of β-lactam (4-membered cyclic amide) rings is 1. The number of amides is 1. The zero-order valence-corrected chi connectivity index (χ0v) is 10.3. The van der Waals surface area contributed by atoms with Crippen LogP contribution in [-0.4, -0.2) is 27.3 Å². The van der Waals surface area contributed by atoms with Crippen molar-refractivity contribution in [2.24, 2.45) is 0 Å². The predicted molar refractivity (Wildman–Crippen MR) is 67.6 cm³/mol. The first-order valence-corrected chi connectivity index (χ1v) is 6.54. The van der Waals surface area contributed by atoms with E-state index in [4.69, 9.17) is 0 Å². The summed E-state index contributed by atoms with van der Waals surface area (Å²) >= 11 is 1.50. The largest absolute Gasteiger partial charge is 0.477 e. The van der Waals surface area contributed by atoms with E-state index in [1.165, 1.54) is 16.7 Å². The van der Waals surface area contributed by atoms with E-state index in [1.807, 2.05) is 30.3 Å². The second-order valence-electron chi connectivity index (χ2n) is 4.28. The molecule has 0 aliphatic carbocycles. The SMILES string of the molecule is O=C(O)C1=C(Cc2ccccc2)S[C@@H]2CC(=O)N12. The molecule has 0 radical (unpaired) electrons. The number of thioether (sulfide) groups is 1. The van der Waals surface area contributed by atoms with Crippen LogP contribution in [-0.2, 0) is 16.0 Å². The predicted octanol–water partition coefficient (Wildman–Crippen LogP) is 1.83. The summed E-state index contributed by atoms with van der Waals surface area (Å²) in [4.78, 5) is 24.9. The molecule has 0 spiro atoms. The van der Waals surface area contributed by atoms with Crippen LogP contribution >= 0.6 is 11.8 Å². The fraction of sp³-hybridized carbons (Fsp3) is 0.231. The quantitative estimate of drug-likeness (QED) is 0.843. The monoisotopic (exact) mass is 261 g/mol. The van der Waals surface area contributed by atoms with Crippen molar-refractivity contribution in [2.45, 2.75) is 18.2 Å². The lowest BCUT2D eigenvalue weighted by Gasteiger charge is -2.33. The summed E-state index contributed by atoms with van der Waals surface area (Å²) in [6.45, 7) is 0. The molecule has 5 heteroatoms. The van der Waals surface area contributed by atoms with Gasteiger partial charge in [0.2, 0.25) is 5.91 Å². The number of aliphatic carboxylic acids is 1. The second kappa shape index (κ2) is 4.17. The van der Waals surface area contributed by atoms with Gasteiger partial charge in [-0.3, -0.25) is 9.69 Å². The first-order chi connectivity index (χ1) is 8.66. The van der Waals surface area contributed by atoms with Gasteiger partial charge < -0.3 is 5.11 Å². The molecule has 0 saturated carbocycles. The average Bonchev–Trinajstić information content (AvgIpc) is 2.63. The molecule has 2 heterocycles. The van der Waals surface area contributed by atoms with Crippen LogP contribution in [0.4, 0.5) is 0 Å². The number of benzene rings is 1. The Bertz CT molecular complexity index is 553. The van der Waals surface area contributed by atoms with Gasteiger partial charge in [0, 0.05) is 11.3 Å². The zero-order chi connectivity index (χ0) is 12.7. The molecule has 1 aromatic carbocycles. The first kappa shape index (κ1) is 11.3. The highest BCUT2D eigenvalue weighted by atomic mass is 32.2. The molecule has 18 heavy (non-hydrogen) atoms. The zero-order valence-electron chi connectivity index (χ0n) is 9.50. The van der Waals surface area contributed by atoms with Crippen LogP contribution in [0, 0.1) is 0 Å². The molecule has 1 fully saturated rings. The Kier molecular flexibility index (Phi) is 2.63. The number of carbonyl (C=O) groups is 2. The summed E-state index contributed by atoms with van der Waals surface area (Å²) in [6, 6.07) is 9.70. The van der Waals surface area contributed by atoms with E-state index in [0.717, 1.165) is 10.5 Å². The number of hydrogen-bond donors (Lipinski definition) is 1. The average molecular weight is 261 g/mol. The molecule has 1 atom stereocenters. The number of hydrogen-bond acceptors (Lipinski definition) is 3. The summed E-state index contributed by atoms with van der Waals surface area (Å²) in [6.07, 6.45) is 1.02. The van der Waals surface area contributed by atoms with Gasteiger partial charge in [-0.1, -0.05) is 30.3 Å². The number of rotatable bonds is 3. The van der Waals surface area contributed by atoms with Crippen LogP contribution in [0.25, 0.3) is 0 Å². The molecule has 1 saturated heterocycles. The molecule has 1 amide bonds. The van der Waals surface area contributed by atoms with Crippen LogP contribution in [0.3, 0.4) is 0 Å². The smallest absolute Gasteiger partial charge is 0.353 e.